The van der Waals surface area contributed by atoms with Crippen molar-refractivity contribution in [3.8, 4) is 0 Å². The lowest BCUT2D eigenvalue weighted by Crippen LogP contribution is -2.41. The number of nitrogens with zero attached hydrogens (tertiary/aromatic N) is 3. The highest BCUT2D eigenvalue weighted by molar-refractivity contribution is 6.42. The molecule has 31 heavy (non-hydrogen) atoms. The first kappa shape index (κ1) is 17.7. The van der Waals surface area contributed by atoms with Crippen LogP contribution in [0.4, 0.5) is 10.1 Å². The number of halogens is 3. The zero-order chi connectivity index (χ0) is 24.8. The van der Waals surface area contributed by atoms with Crippen molar-refractivity contribution in [2.24, 2.45) is 6.98 Å². The summed E-state index contributed by atoms with van der Waals surface area (Å²) in [5.41, 5.74) is -1.15. The van der Waals surface area contributed by atoms with E-state index in [4.69, 9.17) is 27.3 Å². The van der Waals surface area contributed by atoms with Gasteiger partial charge in [0.05, 0.1) is 32.8 Å². The van der Waals surface area contributed by atoms with Crippen molar-refractivity contribution < 1.29 is 13.3 Å². The summed E-state index contributed by atoms with van der Waals surface area (Å²) in [7, 11) is 0. The summed E-state index contributed by atoms with van der Waals surface area (Å²) in [5.74, 6) is -0.937. The highest BCUT2D eigenvalue weighted by atomic mass is 35.5. The molecule has 3 aromatic rings. The molecule has 4 rings (SSSR count). The van der Waals surface area contributed by atoms with Gasteiger partial charge in [-0.3, -0.25) is 9.59 Å². The Morgan fingerprint density at radius 2 is 2.19 bits per heavy atom. The van der Waals surface area contributed by atoms with Gasteiger partial charge in [0.25, 0.3) is 5.56 Å². The average molecular weight is 464 g/mol. The summed E-state index contributed by atoms with van der Waals surface area (Å²) in [4.78, 5) is 30.7. The van der Waals surface area contributed by atoms with Crippen LogP contribution in [0.1, 0.15) is 16.1 Å². The maximum absolute atomic E-state index is 15.1. The third-order valence-corrected chi connectivity index (χ3v) is 6.22. The number of benzene rings is 2. The van der Waals surface area contributed by atoms with Gasteiger partial charge in [-0.1, -0.05) is 29.8 Å². The number of rotatable bonds is 4. The fourth-order valence-corrected chi connectivity index (χ4v) is 4.43. The van der Waals surface area contributed by atoms with Gasteiger partial charge in [-0.05, 0) is 42.8 Å². The minimum absolute atomic E-state index is 0.00859. The fourth-order valence-electron chi connectivity index (χ4n) is 3.94. The normalized spacial score (nSPS) is 20.2. The zero-order valence-corrected chi connectivity index (χ0v) is 17.7. The molecule has 0 saturated carbocycles. The molecule has 1 fully saturated rings. The number of nitrogens with one attached hydrogen (secondary N) is 1. The first-order chi connectivity index (χ1) is 16.0. The Bertz CT molecular complexity index is 1380. The number of likely N-dealkylation sites (tertiary alicyclic amines) is 1. The van der Waals surface area contributed by atoms with E-state index in [9.17, 15) is 9.59 Å². The molecule has 1 aliphatic rings. The highest BCUT2D eigenvalue weighted by Crippen LogP contribution is 2.43. The largest absolute Gasteiger partial charge is 0.374 e. The number of anilines is 1. The lowest BCUT2D eigenvalue weighted by molar-refractivity contribution is -0.125. The van der Waals surface area contributed by atoms with Crippen LogP contribution in [0.3, 0.4) is 0 Å². The molecule has 0 spiro atoms. The van der Waals surface area contributed by atoms with E-state index >= 15 is 4.39 Å². The van der Waals surface area contributed by atoms with E-state index in [0.717, 1.165) is 6.33 Å². The number of carbonyl (C=O) groups excluding carboxylic acids is 1. The first-order valence-corrected chi connectivity index (χ1v) is 10.1. The molecule has 9 heteroatoms. The number of aromatic nitrogens is 2. The second kappa shape index (κ2) is 7.98. The predicted molar refractivity (Wildman–Crippen MR) is 120 cm³/mol. The van der Waals surface area contributed by atoms with Crippen LogP contribution in [0, 0.1) is 5.82 Å². The third kappa shape index (κ3) is 3.68. The maximum atomic E-state index is 15.1. The summed E-state index contributed by atoms with van der Waals surface area (Å²) >= 11 is 12.6. The van der Waals surface area contributed by atoms with Gasteiger partial charge in [0.15, 0.2) is 0 Å². The third-order valence-electron chi connectivity index (χ3n) is 5.42. The molecule has 1 aliphatic heterocycles. The van der Waals surface area contributed by atoms with Gasteiger partial charge >= 0.3 is 0 Å². The maximum Gasteiger partial charge on any atom is 0.260 e. The molecule has 0 aliphatic carbocycles. The van der Waals surface area contributed by atoms with Crippen molar-refractivity contribution in [1.82, 2.24) is 14.5 Å². The van der Waals surface area contributed by atoms with E-state index in [2.05, 4.69) is 16.9 Å². The number of carbonyl (C=O) groups is 1. The van der Waals surface area contributed by atoms with Crippen LogP contribution in [-0.4, -0.2) is 33.4 Å². The van der Waals surface area contributed by atoms with E-state index in [-0.39, 0.29) is 39.9 Å². The second-order valence-electron chi connectivity index (χ2n) is 7.29. The van der Waals surface area contributed by atoms with E-state index in [1.165, 1.54) is 29.2 Å². The van der Waals surface area contributed by atoms with Gasteiger partial charge in [-0.25, -0.2) is 9.37 Å². The standard InChI is InChI=1S/C22H19Cl2FN4O2/c1-3-18(30)29-9-8-22(11-29,19-16(25)6-5-15(23)20(19)24)27-13-4-7-17-14(10-13)21(31)28(2)12-26-17/h3-7,10,12,27H,1,8-9,11H2,2H3/t22-/m1/s1/i2D3. The van der Waals surface area contributed by atoms with Crippen molar-refractivity contribution in [1.29, 1.82) is 0 Å². The minimum Gasteiger partial charge on any atom is -0.374 e. The Labute approximate surface area is 192 Å². The smallest absolute Gasteiger partial charge is 0.260 e. The molecule has 1 N–H and O–H groups in total. The molecular weight excluding hydrogens is 442 g/mol. The van der Waals surface area contributed by atoms with Crippen LogP contribution in [-0.2, 0) is 17.3 Å². The molecule has 0 bridgehead atoms. The summed E-state index contributed by atoms with van der Waals surface area (Å²) in [5, 5.41) is 3.46. The molecule has 1 atom stereocenters. The molecule has 1 saturated heterocycles. The Hall–Kier alpha value is -2.90. The van der Waals surface area contributed by atoms with Crippen LogP contribution < -0.4 is 10.9 Å². The zero-order valence-electron chi connectivity index (χ0n) is 19.2. The van der Waals surface area contributed by atoms with Gasteiger partial charge in [0.2, 0.25) is 5.91 Å². The summed E-state index contributed by atoms with van der Waals surface area (Å²) in [6.07, 6.45) is 2.43. The van der Waals surface area contributed by atoms with Crippen LogP contribution >= 0.6 is 23.2 Å². The van der Waals surface area contributed by atoms with Gasteiger partial charge in [-0.2, -0.15) is 0 Å². The second-order valence-corrected chi connectivity index (χ2v) is 8.08. The Balaban J connectivity index is 1.86. The number of hydrogen-bond acceptors (Lipinski definition) is 4. The molecule has 2 heterocycles. The molecule has 2 aromatic carbocycles. The van der Waals surface area contributed by atoms with Crippen molar-refractivity contribution >= 4 is 45.7 Å². The fraction of sp³-hybridized carbons (Fsp3) is 0.227. The first-order valence-electron chi connectivity index (χ1n) is 10.8. The number of fused-ring (bicyclic) bond motifs is 1. The number of hydrogen-bond donors (Lipinski definition) is 1. The van der Waals surface area contributed by atoms with Crippen LogP contribution in [0.15, 0.2) is 54.1 Å². The van der Waals surface area contributed by atoms with Gasteiger partial charge < -0.3 is 14.8 Å². The minimum atomic E-state index is -2.70. The van der Waals surface area contributed by atoms with E-state index in [1.54, 1.807) is 12.1 Å². The predicted octanol–water partition coefficient (Wildman–Crippen LogP) is 4.11. The SMILES string of the molecule is [2H]C([2H])([2H])n1cnc2ccc(N[C@]3(c4c(F)ccc(Cl)c4Cl)CCN(C(=O)C=C)C3)cc2c1=O. The summed E-state index contributed by atoms with van der Waals surface area (Å²) < 4.78 is 38.3. The van der Waals surface area contributed by atoms with Gasteiger partial charge in [0.1, 0.15) is 5.82 Å². The van der Waals surface area contributed by atoms with Crippen molar-refractivity contribution in [2.75, 3.05) is 18.4 Å². The molecule has 0 unspecified atom stereocenters. The quantitative estimate of drug-likeness (QED) is 0.467. The molecule has 1 aromatic heterocycles. The van der Waals surface area contributed by atoms with Crippen LogP contribution in [0.25, 0.3) is 10.9 Å². The lowest BCUT2D eigenvalue weighted by atomic mass is 9.87. The summed E-state index contributed by atoms with van der Waals surface area (Å²) in [6, 6.07) is 7.17. The van der Waals surface area contributed by atoms with Crippen LogP contribution in [0.2, 0.25) is 10.0 Å². The molecular formula is C22H19Cl2FN4O2. The molecule has 6 nitrogen and oxygen atoms in total. The van der Waals surface area contributed by atoms with Crippen LogP contribution in [0.5, 0.6) is 0 Å². The van der Waals surface area contributed by atoms with E-state index in [1.807, 2.05) is 0 Å². The topological polar surface area (TPSA) is 67.2 Å². The van der Waals surface area contributed by atoms with Gasteiger partial charge in [-0.15, -0.1) is 0 Å². The van der Waals surface area contributed by atoms with Crippen molar-refractivity contribution in [2.45, 2.75) is 12.0 Å². The Kier molecular flexibility index (Phi) is 4.57. The monoisotopic (exact) mass is 463 g/mol. The molecule has 0 radical (unpaired) electrons. The Morgan fingerprint density at radius 1 is 1.39 bits per heavy atom. The number of aryl methyl sites for hydroxylation is 1. The Morgan fingerprint density at radius 3 is 2.94 bits per heavy atom. The molecule has 160 valence electrons. The average Bonchev–Trinajstić information content (AvgIpc) is 3.20. The summed E-state index contributed by atoms with van der Waals surface area (Å²) in [6.45, 7) is 1.16. The van der Waals surface area contributed by atoms with Crippen molar-refractivity contribution in [3.05, 3.63) is 81.1 Å². The van der Waals surface area contributed by atoms with E-state index in [0.29, 0.717) is 22.3 Å². The highest BCUT2D eigenvalue weighted by Gasteiger charge is 2.44. The van der Waals surface area contributed by atoms with E-state index < -0.39 is 23.9 Å². The molecule has 1 amide bonds. The van der Waals surface area contributed by atoms with Gasteiger partial charge in [0, 0.05) is 35.4 Å². The number of amides is 1. The van der Waals surface area contributed by atoms with Crippen molar-refractivity contribution in [3.63, 3.8) is 0 Å². The lowest BCUT2D eigenvalue weighted by Gasteiger charge is -2.33.